The van der Waals surface area contributed by atoms with Gasteiger partial charge in [-0.1, -0.05) is 6.42 Å². The monoisotopic (exact) mass is 368 g/mol. The quantitative estimate of drug-likeness (QED) is 0.685. The van der Waals surface area contributed by atoms with Gasteiger partial charge in [0.1, 0.15) is 22.8 Å². The van der Waals surface area contributed by atoms with Crippen molar-refractivity contribution in [3.05, 3.63) is 28.4 Å². The summed E-state index contributed by atoms with van der Waals surface area (Å²) >= 11 is 1.77. The van der Waals surface area contributed by atoms with Crippen molar-refractivity contribution >= 4 is 27.4 Å². The summed E-state index contributed by atoms with van der Waals surface area (Å²) in [5.41, 5.74) is 1.31. The largest absolute Gasteiger partial charge is 0.346 e. The van der Waals surface area contributed by atoms with E-state index in [-0.39, 0.29) is 6.04 Å². The molecule has 26 heavy (non-hydrogen) atoms. The second-order valence-electron chi connectivity index (χ2n) is 7.45. The van der Waals surface area contributed by atoms with Crippen LogP contribution >= 0.6 is 11.3 Å². The minimum atomic E-state index is 0.270. The highest BCUT2D eigenvalue weighted by atomic mass is 32.1. The van der Waals surface area contributed by atoms with Crippen LogP contribution in [0.5, 0.6) is 0 Å². The van der Waals surface area contributed by atoms with Gasteiger partial charge in [0.25, 0.3) is 0 Å². The van der Waals surface area contributed by atoms with Crippen LogP contribution in [-0.4, -0.2) is 31.3 Å². The number of aromatic nitrogens is 5. The molecule has 136 valence electrons. The van der Waals surface area contributed by atoms with E-state index in [0.717, 1.165) is 42.4 Å². The normalized spacial score (nSPS) is 20.5. The van der Waals surface area contributed by atoms with Gasteiger partial charge in [0.05, 0.1) is 11.4 Å². The number of rotatable bonds is 2. The van der Waals surface area contributed by atoms with Crippen LogP contribution in [0.1, 0.15) is 60.2 Å². The topological polar surface area (TPSA) is 59.7 Å². The summed E-state index contributed by atoms with van der Waals surface area (Å²) in [6, 6.07) is 0.270. The van der Waals surface area contributed by atoms with Gasteiger partial charge in [0.15, 0.2) is 5.82 Å². The summed E-state index contributed by atoms with van der Waals surface area (Å²) in [5, 5.41) is 10.4. The molecule has 1 unspecified atom stereocenters. The Labute approximate surface area is 157 Å². The van der Waals surface area contributed by atoms with Crippen LogP contribution < -0.4 is 4.90 Å². The molecule has 6 nitrogen and oxygen atoms in total. The Hall–Kier alpha value is -2.02. The zero-order valence-corrected chi connectivity index (χ0v) is 16.2. The molecule has 0 N–H and O–H groups in total. The molecule has 2 aliphatic heterocycles. The highest BCUT2D eigenvalue weighted by Crippen LogP contribution is 2.41. The van der Waals surface area contributed by atoms with Gasteiger partial charge in [-0.3, -0.25) is 0 Å². The molecule has 2 aliphatic rings. The number of hydrogen-bond donors (Lipinski definition) is 0. The lowest BCUT2D eigenvalue weighted by Gasteiger charge is -2.26. The molecule has 7 heteroatoms. The van der Waals surface area contributed by atoms with E-state index < -0.39 is 0 Å². The average Bonchev–Trinajstić information content (AvgIpc) is 3.29. The molecule has 5 rings (SSSR count). The molecule has 0 radical (unpaired) electrons. The summed E-state index contributed by atoms with van der Waals surface area (Å²) in [6.07, 6.45) is 8.80. The van der Waals surface area contributed by atoms with Gasteiger partial charge in [-0.2, -0.15) is 0 Å². The number of aryl methyl sites for hydroxylation is 3. The van der Waals surface area contributed by atoms with E-state index in [1.54, 1.807) is 17.7 Å². The third-order valence-electron chi connectivity index (χ3n) is 5.91. The Balaban J connectivity index is 1.60. The summed E-state index contributed by atoms with van der Waals surface area (Å²) in [5.74, 6) is 3.38. The van der Waals surface area contributed by atoms with Crippen molar-refractivity contribution in [3.63, 3.8) is 0 Å². The third-order valence-corrected chi connectivity index (χ3v) is 7.02. The predicted molar refractivity (Wildman–Crippen MR) is 104 cm³/mol. The van der Waals surface area contributed by atoms with Crippen LogP contribution in [-0.2, 0) is 13.0 Å². The van der Waals surface area contributed by atoms with Crippen molar-refractivity contribution in [2.24, 2.45) is 0 Å². The van der Waals surface area contributed by atoms with E-state index >= 15 is 0 Å². The average molecular weight is 369 g/mol. The molecular formula is C19H24N6S. The van der Waals surface area contributed by atoms with Gasteiger partial charge in [-0.25, -0.2) is 9.97 Å². The number of anilines is 1. The second-order valence-corrected chi connectivity index (χ2v) is 8.65. The first-order valence-corrected chi connectivity index (χ1v) is 10.4. The van der Waals surface area contributed by atoms with Gasteiger partial charge in [-0.05, 0) is 45.1 Å². The van der Waals surface area contributed by atoms with Crippen molar-refractivity contribution in [1.29, 1.82) is 0 Å². The van der Waals surface area contributed by atoms with Crippen LogP contribution in [0, 0.1) is 13.8 Å². The van der Waals surface area contributed by atoms with Crippen LogP contribution in [0.15, 0.2) is 6.33 Å². The number of fused-ring (bicyclic) bond motifs is 2. The molecule has 0 amide bonds. The fourth-order valence-electron chi connectivity index (χ4n) is 4.42. The molecule has 0 aliphatic carbocycles. The molecular weight excluding hydrogens is 344 g/mol. The second kappa shape index (κ2) is 6.30. The number of nitrogens with zero attached hydrogens (tertiary/aromatic N) is 6. The molecule has 3 aromatic heterocycles. The van der Waals surface area contributed by atoms with Gasteiger partial charge in [-0.15, -0.1) is 21.5 Å². The van der Waals surface area contributed by atoms with Gasteiger partial charge >= 0.3 is 0 Å². The molecule has 1 saturated heterocycles. The minimum Gasteiger partial charge on any atom is -0.346 e. The third kappa shape index (κ3) is 2.44. The molecule has 0 aromatic carbocycles. The first-order valence-electron chi connectivity index (χ1n) is 9.63. The van der Waals surface area contributed by atoms with Crippen molar-refractivity contribution < 1.29 is 0 Å². The van der Waals surface area contributed by atoms with Crippen molar-refractivity contribution in [2.75, 3.05) is 11.4 Å². The maximum atomic E-state index is 4.72. The molecule has 5 heterocycles. The predicted octanol–water partition coefficient (Wildman–Crippen LogP) is 3.97. The van der Waals surface area contributed by atoms with Gasteiger partial charge < -0.3 is 9.47 Å². The van der Waals surface area contributed by atoms with Crippen LogP contribution in [0.4, 0.5) is 5.82 Å². The van der Waals surface area contributed by atoms with E-state index in [9.17, 15) is 0 Å². The van der Waals surface area contributed by atoms with E-state index in [4.69, 9.17) is 4.98 Å². The standard InChI is InChI=1S/C19H24N6S/c1-12-13(2)26-19-16(12)18(20-11-21-19)24-10-6-7-14(24)17-23-22-15-8-4-3-5-9-25(15)17/h11,14H,3-10H2,1-2H3. The zero-order chi connectivity index (χ0) is 17.7. The highest BCUT2D eigenvalue weighted by molar-refractivity contribution is 7.18. The van der Waals surface area contributed by atoms with E-state index in [2.05, 4.69) is 38.5 Å². The van der Waals surface area contributed by atoms with Crippen LogP contribution in [0.25, 0.3) is 10.2 Å². The first-order chi connectivity index (χ1) is 12.7. The smallest absolute Gasteiger partial charge is 0.155 e. The SMILES string of the molecule is Cc1sc2ncnc(N3CCCC3c3nnc4n3CCCCC4)c2c1C. The molecule has 1 fully saturated rings. The molecule has 3 aromatic rings. The first kappa shape index (κ1) is 16.2. The molecule has 1 atom stereocenters. The Morgan fingerprint density at radius 2 is 1.96 bits per heavy atom. The maximum Gasteiger partial charge on any atom is 0.155 e. The summed E-state index contributed by atoms with van der Waals surface area (Å²) in [4.78, 5) is 14.1. The number of hydrogen-bond acceptors (Lipinski definition) is 6. The van der Waals surface area contributed by atoms with Crippen molar-refractivity contribution in [3.8, 4) is 0 Å². The van der Waals surface area contributed by atoms with E-state index in [1.165, 1.54) is 47.3 Å². The Morgan fingerprint density at radius 1 is 1.04 bits per heavy atom. The summed E-state index contributed by atoms with van der Waals surface area (Å²) < 4.78 is 2.39. The van der Waals surface area contributed by atoms with Crippen molar-refractivity contribution in [2.45, 2.75) is 65.0 Å². The lowest BCUT2D eigenvalue weighted by atomic mass is 10.1. The highest BCUT2D eigenvalue weighted by Gasteiger charge is 2.33. The Kier molecular flexibility index (Phi) is 3.92. The Morgan fingerprint density at radius 3 is 2.88 bits per heavy atom. The van der Waals surface area contributed by atoms with Crippen LogP contribution in [0.2, 0.25) is 0 Å². The maximum absolute atomic E-state index is 4.72. The summed E-state index contributed by atoms with van der Waals surface area (Å²) in [6.45, 7) is 6.44. The molecule has 0 saturated carbocycles. The van der Waals surface area contributed by atoms with Crippen LogP contribution in [0.3, 0.4) is 0 Å². The molecule has 0 spiro atoms. The van der Waals surface area contributed by atoms with E-state index in [1.807, 2.05) is 0 Å². The lowest BCUT2D eigenvalue weighted by molar-refractivity contribution is 0.558. The molecule has 0 bridgehead atoms. The summed E-state index contributed by atoms with van der Waals surface area (Å²) in [7, 11) is 0. The minimum absolute atomic E-state index is 0.270. The van der Waals surface area contributed by atoms with Gasteiger partial charge in [0, 0.05) is 24.4 Å². The fraction of sp³-hybridized carbons (Fsp3) is 0.579. The van der Waals surface area contributed by atoms with Crippen molar-refractivity contribution in [1.82, 2.24) is 24.7 Å². The Bertz CT molecular complexity index is 958. The number of thiophene rings is 1. The van der Waals surface area contributed by atoms with E-state index in [0.29, 0.717) is 0 Å². The lowest BCUT2D eigenvalue weighted by Crippen LogP contribution is -2.26. The fourth-order valence-corrected chi connectivity index (χ4v) is 5.42. The van der Waals surface area contributed by atoms with Gasteiger partial charge in [0.2, 0.25) is 0 Å². The zero-order valence-electron chi connectivity index (χ0n) is 15.4.